The molecule has 3 unspecified atom stereocenters. The second-order valence-electron chi connectivity index (χ2n) is 5.31. The molecule has 2 aliphatic heterocycles. The van der Waals surface area contributed by atoms with Gasteiger partial charge in [-0.1, -0.05) is 6.92 Å². The van der Waals surface area contributed by atoms with Gasteiger partial charge in [0.1, 0.15) is 0 Å². The Labute approximate surface area is 109 Å². The van der Waals surface area contributed by atoms with Crippen LogP contribution in [0, 0.1) is 5.92 Å². The van der Waals surface area contributed by atoms with Gasteiger partial charge < -0.3 is 10.5 Å². The Morgan fingerprint density at radius 3 is 2.71 bits per heavy atom. The van der Waals surface area contributed by atoms with Crippen molar-refractivity contribution in [3.8, 4) is 0 Å². The maximum Gasteiger partial charge on any atom is 0.0469 e. The predicted octanol–water partition coefficient (Wildman–Crippen LogP) is 1.57. The highest BCUT2D eigenvalue weighted by atomic mass is 32.2. The Kier molecular flexibility index (Phi) is 5.15. The molecule has 0 saturated carbocycles. The Hall–Kier alpha value is 0.230. The summed E-state index contributed by atoms with van der Waals surface area (Å²) in [4.78, 5) is 2.66. The first-order valence-corrected chi connectivity index (χ1v) is 7.94. The van der Waals surface area contributed by atoms with Gasteiger partial charge in [-0.2, -0.15) is 11.8 Å². The summed E-state index contributed by atoms with van der Waals surface area (Å²) in [6, 6.07) is 1.22. The Morgan fingerprint density at radius 2 is 2.06 bits per heavy atom. The van der Waals surface area contributed by atoms with E-state index >= 15 is 0 Å². The number of ether oxygens (including phenoxy) is 1. The topological polar surface area (TPSA) is 38.5 Å². The van der Waals surface area contributed by atoms with Crippen LogP contribution in [0.1, 0.15) is 26.7 Å². The molecule has 2 aliphatic rings. The Balaban J connectivity index is 2.00. The zero-order chi connectivity index (χ0) is 12.3. The first kappa shape index (κ1) is 13.7. The monoisotopic (exact) mass is 258 g/mol. The highest BCUT2D eigenvalue weighted by Crippen LogP contribution is 2.30. The minimum atomic E-state index is 0.567. The van der Waals surface area contributed by atoms with Crippen LogP contribution in [0.15, 0.2) is 0 Å². The molecule has 0 aromatic rings. The van der Waals surface area contributed by atoms with Gasteiger partial charge >= 0.3 is 0 Å². The summed E-state index contributed by atoms with van der Waals surface area (Å²) in [7, 11) is 0. The molecule has 0 aromatic carbocycles. The molecular weight excluding hydrogens is 232 g/mol. The Bertz CT molecular complexity index is 233. The third-order valence-corrected chi connectivity index (χ3v) is 5.75. The van der Waals surface area contributed by atoms with E-state index in [1.54, 1.807) is 0 Å². The van der Waals surface area contributed by atoms with Crippen LogP contribution < -0.4 is 5.73 Å². The van der Waals surface area contributed by atoms with E-state index in [4.69, 9.17) is 10.5 Å². The molecule has 3 nitrogen and oxygen atoms in total. The molecule has 2 heterocycles. The molecule has 2 saturated heterocycles. The lowest BCUT2D eigenvalue weighted by molar-refractivity contribution is 0.0177. The summed E-state index contributed by atoms with van der Waals surface area (Å²) in [5.41, 5.74) is 6.05. The maximum absolute atomic E-state index is 6.05. The summed E-state index contributed by atoms with van der Waals surface area (Å²) < 4.78 is 5.47. The fourth-order valence-corrected chi connectivity index (χ4v) is 4.25. The van der Waals surface area contributed by atoms with Crippen molar-refractivity contribution in [3.63, 3.8) is 0 Å². The van der Waals surface area contributed by atoms with Gasteiger partial charge in [0.2, 0.25) is 0 Å². The highest BCUT2D eigenvalue weighted by molar-refractivity contribution is 8.00. The zero-order valence-electron chi connectivity index (χ0n) is 11.1. The molecule has 0 amide bonds. The SMILES string of the molecule is CC1SCCN(C(CN)C2CCOCC2)C1C. The molecule has 0 aliphatic carbocycles. The number of thioether (sulfide) groups is 1. The lowest BCUT2D eigenvalue weighted by Gasteiger charge is -2.45. The van der Waals surface area contributed by atoms with Crippen LogP contribution in [0.2, 0.25) is 0 Å². The van der Waals surface area contributed by atoms with Crippen LogP contribution in [0.25, 0.3) is 0 Å². The van der Waals surface area contributed by atoms with E-state index in [-0.39, 0.29) is 0 Å². The largest absolute Gasteiger partial charge is 0.381 e. The van der Waals surface area contributed by atoms with Crippen molar-refractivity contribution in [3.05, 3.63) is 0 Å². The van der Waals surface area contributed by atoms with Crippen LogP contribution in [-0.2, 0) is 4.74 Å². The average Bonchev–Trinajstić information content (AvgIpc) is 2.37. The number of rotatable bonds is 3. The lowest BCUT2D eigenvalue weighted by atomic mass is 9.89. The minimum absolute atomic E-state index is 0.567. The number of nitrogens with two attached hydrogens (primary N) is 1. The van der Waals surface area contributed by atoms with E-state index in [0.717, 1.165) is 30.9 Å². The van der Waals surface area contributed by atoms with Gasteiger partial charge in [0.25, 0.3) is 0 Å². The molecule has 3 atom stereocenters. The Morgan fingerprint density at radius 1 is 1.35 bits per heavy atom. The molecule has 0 radical (unpaired) electrons. The van der Waals surface area contributed by atoms with Crippen LogP contribution in [-0.4, -0.2) is 54.3 Å². The van der Waals surface area contributed by atoms with E-state index in [1.165, 1.54) is 25.1 Å². The van der Waals surface area contributed by atoms with Gasteiger partial charge in [0, 0.05) is 49.4 Å². The average molecular weight is 258 g/mol. The van der Waals surface area contributed by atoms with Crippen LogP contribution in [0.4, 0.5) is 0 Å². The standard InChI is InChI=1S/C13H26N2OS/c1-10-11(2)17-8-5-15(10)13(9-14)12-3-6-16-7-4-12/h10-13H,3-9,14H2,1-2H3. The summed E-state index contributed by atoms with van der Waals surface area (Å²) in [6.45, 7) is 8.56. The highest BCUT2D eigenvalue weighted by Gasteiger charge is 2.34. The molecule has 2 fully saturated rings. The molecule has 0 spiro atoms. The summed E-state index contributed by atoms with van der Waals surface area (Å²) >= 11 is 2.10. The van der Waals surface area contributed by atoms with E-state index in [2.05, 4.69) is 30.5 Å². The van der Waals surface area contributed by atoms with E-state index in [9.17, 15) is 0 Å². The normalized spacial score (nSPS) is 34.8. The molecule has 0 aromatic heterocycles. The van der Waals surface area contributed by atoms with Gasteiger partial charge in [0.15, 0.2) is 0 Å². The van der Waals surface area contributed by atoms with Crippen molar-refractivity contribution >= 4 is 11.8 Å². The summed E-state index contributed by atoms with van der Waals surface area (Å²) in [6.07, 6.45) is 2.37. The van der Waals surface area contributed by atoms with Gasteiger partial charge in [0.05, 0.1) is 0 Å². The quantitative estimate of drug-likeness (QED) is 0.834. The fraction of sp³-hybridized carbons (Fsp3) is 1.00. The molecule has 4 heteroatoms. The zero-order valence-corrected chi connectivity index (χ0v) is 11.9. The fourth-order valence-electron chi connectivity index (χ4n) is 3.12. The van der Waals surface area contributed by atoms with Crippen molar-refractivity contribution in [2.45, 2.75) is 44.0 Å². The van der Waals surface area contributed by atoms with Gasteiger partial charge in [-0.15, -0.1) is 0 Å². The van der Waals surface area contributed by atoms with E-state index in [1.807, 2.05) is 0 Å². The predicted molar refractivity (Wildman–Crippen MR) is 74.5 cm³/mol. The van der Waals surface area contributed by atoms with Crippen molar-refractivity contribution < 1.29 is 4.74 Å². The second kappa shape index (κ2) is 6.41. The van der Waals surface area contributed by atoms with Crippen molar-refractivity contribution in [2.24, 2.45) is 11.7 Å². The van der Waals surface area contributed by atoms with Crippen molar-refractivity contribution in [1.29, 1.82) is 0 Å². The lowest BCUT2D eigenvalue weighted by Crippen LogP contribution is -2.55. The molecule has 2 N–H and O–H groups in total. The first-order chi connectivity index (χ1) is 8.24. The third-order valence-electron chi connectivity index (χ3n) is 4.41. The van der Waals surface area contributed by atoms with Gasteiger partial charge in [-0.3, -0.25) is 4.90 Å². The number of hydrogen-bond donors (Lipinski definition) is 1. The van der Waals surface area contributed by atoms with Crippen molar-refractivity contribution in [2.75, 3.05) is 32.1 Å². The molecule has 100 valence electrons. The first-order valence-electron chi connectivity index (χ1n) is 6.89. The van der Waals surface area contributed by atoms with E-state index < -0.39 is 0 Å². The van der Waals surface area contributed by atoms with Gasteiger partial charge in [-0.25, -0.2) is 0 Å². The molecule has 17 heavy (non-hydrogen) atoms. The summed E-state index contributed by atoms with van der Waals surface area (Å²) in [5, 5.41) is 0.734. The van der Waals surface area contributed by atoms with Crippen LogP contribution in [0.5, 0.6) is 0 Å². The third kappa shape index (κ3) is 3.16. The maximum atomic E-state index is 6.05. The molecular formula is C13H26N2OS. The molecule has 0 bridgehead atoms. The second-order valence-corrected chi connectivity index (χ2v) is 6.79. The number of nitrogens with zero attached hydrogens (tertiary/aromatic N) is 1. The molecule has 2 rings (SSSR count). The summed E-state index contributed by atoms with van der Waals surface area (Å²) in [5.74, 6) is 2.00. The smallest absolute Gasteiger partial charge is 0.0469 e. The van der Waals surface area contributed by atoms with Gasteiger partial charge in [-0.05, 0) is 25.7 Å². The number of hydrogen-bond acceptors (Lipinski definition) is 4. The van der Waals surface area contributed by atoms with Crippen molar-refractivity contribution in [1.82, 2.24) is 4.90 Å². The van der Waals surface area contributed by atoms with Crippen LogP contribution >= 0.6 is 11.8 Å². The minimum Gasteiger partial charge on any atom is -0.381 e. The van der Waals surface area contributed by atoms with E-state index in [0.29, 0.717) is 12.1 Å². The van der Waals surface area contributed by atoms with Crippen LogP contribution in [0.3, 0.4) is 0 Å².